The Morgan fingerprint density at radius 2 is 0.923 bits per heavy atom. The molecule has 0 aliphatic carbocycles. The number of hydrogen-bond acceptors (Lipinski definition) is 4. The van der Waals surface area contributed by atoms with Crippen LogP contribution in [0.3, 0.4) is 0 Å². The molecular weight excluding hydrogens is 332 g/mol. The highest BCUT2D eigenvalue weighted by Crippen LogP contribution is 2.13. The molecular formula is C21H42O5. The summed E-state index contributed by atoms with van der Waals surface area (Å²) in [5.41, 5.74) is 0. The summed E-state index contributed by atoms with van der Waals surface area (Å²) >= 11 is 0. The number of hydrogen-bond donors (Lipinski definition) is 3. The highest BCUT2D eigenvalue weighted by molar-refractivity contribution is 5.78. The number of carboxylic acid groups (broad SMARTS) is 1. The third kappa shape index (κ3) is 27.9. The van der Waals surface area contributed by atoms with Gasteiger partial charge in [0.2, 0.25) is 6.29 Å². The van der Waals surface area contributed by atoms with Crippen LogP contribution in [0.1, 0.15) is 117 Å². The molecule has 0 radical (unpaired) electrons. The molecule has 0 aromatic heterocycles. The average molecular weight is 375 g/mol. The lowest BCUT2D eigenvalue weighted by Crippen LogP contribution is -2.14. The number of aliphatic hydroxyl groups is 2. The third-order valence-corrected chi connectivity index (χ3v) is 4.36. The molecule has 3 N–H and O–H groups in total. The molecule has 0 saturated heterocycles. The first-order chi connectivity index (χ1) is 12.4. The monoisotopic (exact) mass is 374 g/mol. The van der Waals surface area contributed by atoms with Gasteiger partial charge in [0, 0.05) is 6.42 Å². The van der Waals surface area contributed by atoms with E-state index in [-0.39, 0.29) is 0 Å². The van der Waals surface area contributed by atoms with Gasteiger partial charge in [-0.15, -0.1) is 0 Å². The Morgan fingerprint density at radius 1 is 0.654 bits per heavy atom. The molecule has 26 heavy (non-hydrogen) atoms. The molecule has 0 atom stereocenters. The predicted molar refractivity (Wildman–Crippen MR) is 106 cm³/mol. The summed E-state index contributed by atoms with van der Waals surface area (Å²) in [6.45, 7) is 3.37. The highest BCUT2D eigenvalue weighted by Gasteiger charge is 1.99. The number of aliphatic hydroxyl groups excluding tert-OH is 1. The molecule has 0 rings (SSSR count). The van der Waals surface area contributed by atoms with Crippen molar-refractivity contribution in [3.8, 4) is 0 Å². The van der Waals surface area contributed by atoms with Gasteiger partial charge in [-0.2, -0.15) is 0 Å². The fourth-order valence-corrected chi connectivity index (χ4v) is 2.65. The standard InChI is InChI=1S/C18H36O2.C3H6O3/c1-2-3-4-5-6-7-8-9-10-11-12-13-14-15-16-17-18(19)20;1-2(4)3(5)6/h2-17H2,1H3,(H,19,20);3,5-6H,1H3. The molecule has 0 aromatic rings. The largest absolute Gasteiger partial charge is 0.481 e. The second kappa shape index (κ2) is 22.1. The van der Waals surface area contributed by atoms with E-state index in [1.165, 1.54) is 83.5 Å². The maximum Gasteiger partial charge on any atom is 0.303 e. The molecule has 5 heteroatoms. The van der Waals surface area contributed by atoms with Crippen molar-refractivity contribution in [3.05, 3.63) is 0 Å². The van der Waals surface area contributed by atoms with E-state index in [4.69, 9.17) is 15.3 Å². The van der Waals surface area contributed by atoms with Crippen molar-refractivity contribution in [3.63, 3.8) is 0 Å². The molecule has 0 saturated carbocycles. The maximum atomic E-state index is 10.3. The lowest BCUT2D eigenvalue weighted by atomic mass is 10.0. The highest BCUT2D eigenvalue weighted by atomic mass is 16.5. The Bertz CT molecular complexity index is 316. The first kappa shape index (κ1) is 27.3. The number of carbonyl (C=O) groups excluding carboxylic acids is 1. The van der Waals surface area contributed by atoms with Crippen LogP contribution in [0.4, 0.5) is 0 Å². The topological polar surface area (TPSA) is 94.8 Å². The Labute approximate surface area is 160 Å². The van der Waals surface area contributed by atoms with Crippen molar-refractivity contribution in [2.45, 2.75) is 123 Å². The average Bonchev–Trinajstić information content (AvgIpc) is 2.58. The maximum absolute atomic E-state index is 10.3. The van der Waals surface area contributed by atoms with Crippen LogP contribution in [0, 0.1) is 0 Å². The summed E-state index contributed by atoms with van der Waals surface area (Å²) in [6, 6.07) is 0. The minimum absolute atomic E-state index is 0.345. The molecule has 0 aliphatic heterocycles. The number of Topliss-reactive ketones (excluding diaryl/α,β-unsaturated/α-hetero) is 1. The van der Waals surface area contributed by atoms with E-state index < -0.39 is 18.0 Å². The van der Waals surface area contributed by atoms with Crippen LogP contribution in [0.15, 0.2) is 0 Å². The van der Waals surface area contributed by atoms with Crippen LogP contribution in [-0.4, -0.2) is 33.4 Å². The summed E-state index contributed by atoms with van der Waals surface area (Å²) in [4.78, 5) is 20.0. The molecule has 0 spiro atoms. The SMILES string of the molecule is CC(=O)C(O)O.CCCCCCCCCCCCCCCCCC(=O)O. The van der Waals surface area contributed by atoms with Crippen molar-refractivity contribution in [1.29, 1.82) is 0 Å². The van der Waals surface area contributed by atoms with Crippen molar-refractivity contribution >= 4 is 11.8 Å². The number of unbranched alkanes of at least 4 members (excludes halogenated alkanes) is 14. The first-order valence-electron chi connectivity index (χ1n) is 10.5. The van der Waals surface area contributed by atoms with Gasteiger partial charge in [-0.3, -0.25) is 9.59 Å². The van der Waals surface area contributed by atoms with Crippen LogP contribution in [0.5, 0.6) is 0 Å². The second-order valence-electron chi connectivity index (χ2n) is 7.08. The van der Waals surface area contributed by atoms with E-state index in [9.17, 15) is 9.59 Å². The zero-order valence-corrected chi connectivity index (χ0v) is 17.0. The van der Waals surface area contributed by atoms with E-state index in [2.05, 4.69) is 6.92 Å². The fraction of sp³-hybridized carbons (Fsp3) is 0.905. The molecule has 0 aliphatic rings. The van der Waals surface area contributed by atoms with Crippen LogP contribution < -0.4 is 0 Å². The van der Waals surface area contributed by atoms with Gasteiger partial charge >= 0.3 is 5.97 Å². The predicted octanol–water partition coefficient (Wildman–Crippen LogP) is 5.22. The van der Waals surface area contributed by atoms with Gasteiger partial charge in [0.1, 0.15) is 0 Å². The van der Waals surface area contributed by atoms with Crippen LogP contribution in [-0.2, 0) is 9.59 Å². The smallest absolute Gasteiger partial charge is 0.303 e. The summed E-state index contributed by atoms with van der Waals surface area (Å²) < 4.78 is 0. The Balaban J connectivity index is 0. The molecule has 0 heterocycles. The van der Waals surface area contributed by atoms with Crippen molar-refractivity contribution in [2.24, 2.45) is 0 Å². The molecule has 0 unspecified atom stereocenters. The fourth-order valence-electron chi connectivity index (χ4n) is 2.65. The summed E-state index contributed by atoms with van der Waals surface area (Å²) in [5.74, 6) is -1.28. The van der Waals surface area contributed by atoms with Gasteiger partial charge in [-0.25, -0.2) is 0 Å². The van der Waals surface area contributed by atoms with E-state index >= 15 is 0 Å². The molecule has 0 aromatic carbocycles. The molecule has 0 amide bonds. The third-order valence-electron chi connectivity index (χ3n) is 4.36. The van der Waals surface area contributed by atoms with Crippen LogP contribution in [0.2, 0.25) is 0 Å². The van der Waals surface area contributed by atoms with Gasteiger partial charge in [0.15, 0.2) is 5.78 Å². The zero-order valence-electron chi connectivity index (χ0n) is 17.0. The van der Waals surface area contributed by atoms with Gasteiger partial charge in [-0.1, -0.05) is 96.8 Å². The van der Waals surface area contributed by atoms with Gasteiger partial charge in [0.05, 0.1) is 0 Å². The quantitative estimate of drug-likeness (QED) is 0.240. The lowest BCUT2D eigenvalue weighted by molar-refractivity contribution is -0.142. The number of carbonyl (C=O) groups is 2. The van der Waals surface area contributed by atoms with Gasteiger partial charge in [-0.05, 0) is 13.3 Å². The van der Waals surface area contributed by atoms with E-state index in [1.54, 1.807) is 0 Å². The number of carboxylic acids is 1. The van der Waals surface area contributed by atoms with Crippen molar-refractivity contribution in [1.82, 2.24) is 0 Å². The molecule has 0 bridgehead atoms. The normalized spacial score (nSPS) is 10.5. The molecule has 5 nitrogen and oxygen atoms in total. The summed E-state index contributed by atoms with van der Waals surface area (Å²) in [5, 5.41) is 24.2. The second-order valence-corrected chi connectivity index (χ2v) is 7.08. The molecule has 0 fully saturated rings. The van der Waals surface area contributed by atoms with E-state index in [0.717, 1.165) is 19.8 Å². The van der Waals surface area contributed by atoms with Gasteiger partial charge in [0.25, 0.3) is 0 Å². The van der Waals surface area contributed by atoms with Gasteiger partial charge < -0.3 is 15.3 Å². The van der Waals surface area contributed by atoms with E-state index in [1.807, 2.05) is 0 Å². The Morgan fingerprint density at radius 3 is 1.15 bits per heavy atom. The van der Waals surface area contributed by atoms with Crippen LogP contribution in [0.25, 0.3) is 0 Å². The Kier molecular flexibility index (Phi) is 23.2. The van der Waals surface area contributed by atoms with Crippen molar-refractivity contribution < 1.29 is 24.9 Å². The summed E-state index contributed by atoms with van der Waals surface area (Å²) in [7, 11) is 0. The number of ketones is 1. The minimum Gasteiger partial charge on any atom is -0.481 e. The zero-order chi connectivity index (χ0) is 20.0. The Hall–Kier alpha value is -0.940. The first-order valence-corrected chi connectivity index (χ1v) is 10.5. The number of aliphatic carboxylic acids is 1. The minimum atomic E-state index is -1.79. The summed E-state index contributed by atoms with van der Waals surface area (Å²) in [6.07, 6.45) is 18.4. The van der Waals surface area contributed by atoms with Crippen molar-refractivity contribution in [2.75, 3.05) is 0 Å². The lowest BCUT2D eigenvalue weighted by Gasteiger charge is -2.03. The van der Waals surface area contributed by atoms with Crippen LogP contribution >= 0.6 is 0 Å². The van der Waals surface area contributed by atoms with E-state index in [0.29, 0.717) is 6.42 Å². The molecule has 156 valence electrons. The number of rotatable bonds is 17.